The first-order valence-electron chi connectivity index (χ1n) is 10.0. The van der Waals surface area contributed by atoms with Crippen LogP contribution in [-0.2, 0) is 19.1 Å². The van der Waals surface area contributed by atoms with Gasteiger partial charge >= 0.3 is 12.0 Å². The molecule has 0 aromatic heterocycles. The second-order valence-electron chi connectivity index (χ2n) is 7.86. The van der Waals surface area contributed by atoms with Crippen molar-refractivity contribution in [1.29, 1.82) is 0 Å². The molecule has 1 heterocycles. The van der Waals surface area contributed by atoms with Gasteiger partial charge in [-0.3, -0.25) is 29.4 Å². The third-order valence-electron chi connectivity index (χ3n) is 5.81. The molecule has 166 valence electrons. The number of anilines is 1. The molecule has 11 heteroatoms. The molecule has 2 fully saturated rings. The number of amides is 4. The predicted molar refractivity (Wildman–Crippen MR) is 108 cm³/mol. The van der Waals surface area contributed by atoms with E-state index in [0.717, 1.165) is 24.2 Å². The third kappa shape index (κ3) is 4.49. The molecule has 0 radical (unpaired) electrons. The smallest absolute Gasteiger partial charge is 0.327 e. The SMILES string of the molecule is CC(OC(=O)CN1C(=O)NC2(CCCCC2C)C1=O)C(=O)Nc1ccc([N+](=O)[O-])cc1. The van der Waals surface area contributed by atoms with Gasteiger partial charge in [0, 0.05) is 17.8 Å². The summed E-state index contributed by atoms with van der Waals surface area (Å²) in [5.74, 6) is -2.03. The van der Waals surface area contributed by atoms with Crippen LogP contribution in [0.4, 0.5) is 16.2 Å². The summed E-state index contributed by atoms with van der Waals surface area (Å²) in [6, 6.07) is 4.52. The first kappa shape index (κ1) is 22.2. The molecule has 3 unspecified atom stereocenters. The van der Waals surface area contributed by atoms with E-state index in [4.69, 9.17) is 4.74 Å². The Kier molecular flexibility index (Phi) is 6.23. The molecular weight excluding hydrogens is 408 g/mol. The molecule has 0 bridgehead atoms. The van der Waals surface area contributed by atoms with Crippen LogP contribution in [0.5, 0.6) is 0 Å². The third-order valence-corrected chi connectivity index (χ3v) is 5.81. The quantitative estimate of drug-likeness (QED) is 0.302. The lowest BCUT2D eigenvalue weighted by atomic mass is 9.73. The molecule has 1 saturated carbocycles. The number of carbonyl (C=O) groups is 4. The van der Waals surface area contributed by atoms with Crippen LogP contribution in [0.3, 0.4) is 0 Å². The molecule has 1 saturated heterocycles. The van der Waals surface area contributed by atoms with Crippen molar-refractivity contribution in [1.82, 2.24) is 10.2 Å². The number of benzene rings is 1. The van der Waals surface area contributed by atoms with Gasteiger partial charge in [-0.2, -0.15) is 0 Å². The van der Waals surface area contributed by atoms with Gasteiger partial charge < -0.3 is 15.4 Å². The molecule has 3 rings (SSSR count). The molecule has 1 aromatic carbocycles. The van der Waals surface area contributed by atoms with Crippen LogP contribution in [0.25, 0.3) is 0 Å². The number of urea groups is 1. The Hall–Kier alpha value is -3.50. The molecule has 4 amide bonds. The second kappa shape index (κ2) is 8.70. The fourth-order valence-corrected chi connectivity index (χ4v) is 3.97. The van der Waals surface area contributed by atoms with Crippen LogP contribution >= 0.6 is 0 Å². The summed E-state index contributed by atoms with van der Waals surface area (Å²) in [5, 5.41) is 15.9. The Bertz CT molecular complexity index is 917. The summed E-state index contributed by atoms with van der Waals surface area (Å²) in [7, 11) is 0. The largest absolute Gasteiger partial charge is 0.451 e. The van der Waals surface area contributed by atoms with Crippen molar-refractivity contribution in [2.45, 2.75) is 51.2 Å². The maximum absolute atomic E-state index is 12.9. The van der Waals surface area contributed by atoms with Crippen molar-refractivity contribution >= 4 is 35.2 Å². The molecule has 2 N–H and O–H groups in total. The molecule has 11 nitrogen and oxygen atoms in total. The van der Waals surface area contributed by atoms with Gasteiger partial charge in [-0.05, 0) is 37.8 Å². The number of carbonyl (C=O) groups excluding carboxylic acids is 4. The van der Waals surface area contributed by atoms with Crippen molar-refractivity contribution in [3.63, 3.8) is 0 Å². The number of non-ortho nitro benzene ring substituents is 1. The lowest BCUT2D eigenvalue weighted by Gasteiger charge is -2.36. The highest BCUT2D eigenvalue weighted by molar-refractivity contribution is 6.09. The Balaban J connectivity index is 1.56. The lowest BCUT2D eigenvalue weighted by Crippen LogP contribution is -2.54. The number of nitrogens with zero attached hydrogens (tertiary/aromatic N) is 2. The number of hydrogen-bond acceptors (Lipinski definition) is 7. The normalized spacial score (nSPS) is 23.9. The zero-order valence-electron chi connectivity index (χ0n) is 17.3. The van der Waals surface area contributed by atoms with E-state index in [-0.39, 0.29) is 11.6 Å². The molecule has 1 spiro atoms. The van der Waals surface area contributed by atoms with Gasteiger partial charge in [-0.15, -0.1) is 0 Å². The first-order chi connectivity index (χ1) is 14.6. The first-order valence-corrected chi connectivity index (χ1v) is 10.0. The van der Waals surface area contributed by atoms with Gasteiger partial charge in [-0.1, -0.05) is 19.8 Å². The Morgan fingerprint density at radius 3 is 2.61 bits per heavy atom. The Morgan fingerprint density at radius 2 is 2.00 bits per heavy atom. The highest BCUT2D eigenvalue weighted by Crippen LogP contribution is 2.38. The molecule has 31 heavy (non-hydrogen) atoms. The van der Waals surface area contributed by atoms with Crippen LogP contribution in [0.15, 0.2) is 24.3 Å². The molecule has 1 aromatic rings. The standard InChI is InChI=1S/C20H24N4O7/c1-12-5-3-4-10-20(12)18(27)23(19(28)22-20)11-16(25)31-13(2)17(26)21-14-6-8-15(9-7-14)24(29)30/h6-9,12-13H,3-5,10-11H2,1-2H3,(H,21,26)(H,22,28). The van der Waals surface area contributed by atoms with E-state index in [1.165, 1.54) is 31.2 Å². The summed E-state index contributed by atoms with van der Waals surface area (Å²) >= 11 is 0. The number of nitro benzene ring substituents is 1. The van der Waals surface area contributed by atoms with Gasteiger partial charge in [-0.25, -0.2) is 4.79 Å². The summed E-state index contributed by atoms with van der Waals surface area (Å²) in [6.45, 7) is 2.66. The van der Waals surface area contributed by atoms with E-state index in [1.54, 1.807) is 0 Å². The second-order valence-corrected chi connectivity index (χ2v) is 7.86. The predicted octanol–water partition coefficient (Wildman–Crippen LogP) is 1.97. The maximum Gasteiger partial charge on any atom is 0.327 e. The Labute approximate surface area is 178 Å². The average molecular weight is 432 g/mol. The van der Waals surface area contributed by atoms with Gasteiger partial charge in [0.15, 0.2) is 6.10 Å². The number of hydrogen-bond donors (Lipinski definition) is 2. The van der Waals surface area contributed by atoms with Gasteiger partial charge in [0.25, 0.3) is 17.5 Å². The van der Waals surface area contributed by atoms with Gasteiger partial charge in [0.2, 0.25) is 0 Å². The minimum absolute atomic E-state index is 0.0369. The van der Waals surface area contributed by atoms with Crippen LogP contribution in [0.1, 0.15) is 39.5 Å². The zero-order chi connectivity index (χ0) is 22.8. The number of ether oxygens (including phenoxy) is 1. The van der Waals surface area contributed by atoms with Crippen LogP contribution in [-0.4, -0.2) is 51.8 Å². The van der Waals surface area contributed by atoms with Crippen molar-refractivity contribution in [2.24, 2.45) is 5.92 Å². The fourth-order valence-electron chi connectivity index (χ4n) is 3.97. The minimum atomic E-state index is -1.20. The van der Waals surface area contributed by atoms with E-state index in [2.05, 4.69) is 10.6 Å². The lowest BCUT2D eigenvalue weighted by molar-refractivity contribution is -0.384. The average Bonchev–Trinajstić information content (AvgIpc) is 2.95. The monoisotopic (exact) mass is 432 g/mol. The van der Waals surface area contributed by atoms with E-state index in [0.29, 0.717) is 12.1 Å². The van der Waals surface area contributed by atoms with Crippen molar-refractivity contribution in [2.75, 3.05) is 11.9 Å². The van der Waals surface area contributed by atoms with Crippen LogP contribution in [0.2, 0.25) is 0 Å². The van der Waals surface area contributed by atoms with Crippen molar-refractivity contribution in [3.05, 3.63) is 34.4 Å². The van der Waals surface area contributed by atoms with Crippen LogP contribution < -0.4 is 10.6 Å². The maximum atomic E-state index is 12.9. The van der Waals surface area contributed by atoms with E-state index >= 15 is 0 Å². The number of esters is 1. The van der Waals surface area contributed by atoms with E-state index < -0.39 is 46.9 Å². The molecule has 2 aliphatic rings. The number of nitro groups is 1. The van der Waals surface area contributed by atoms with Gasteiger partial charge in [0.1, 0.15) is 12.1 Å². The van der Waals surface area contributed by atoms with Gasteiger partial charge in [0.05, 0.1) is 4.92 Å². The topological polar surface area (TPSA) is 148 Å². The number of imide groups is 1. The Morgan fingerprint density at radius 1 is 1.32 bits per heavy atom. The van der Waals surface area contributed by atoms with Crippen molar-refractivity contribution < 1.29 is 28.8 Å². The van der Waals surface area contributed by atoms with E-state index in [1.807, 2.05) is 6.92 Å². The highest BCUT2D eigenvalue weighted by atomic mass is 16.6. The van der Waals surface area contributed by atoms with Crippen molar-refractivity contribution in [3.8, 4) is 0 Å². The number of nitrogens with one attached hydrogen (secondary N) is 2. The number of rotatable bonds is 6. The summed E-state index contributed by atoms with van der Waals surface area (Å²) in [6.07, 6.45) is 1.93. The molecular formula is C20H24N4O7. The minimum Gasteiger partial charge on any atom is -0.451 e. The summed E-state index contributed by atoms with van der Waals surface area (Å²) < 4.78 is 5.07. The molecule has 1 aliphatic heterocycles. The molecule has 1 aliphatic carbocycles. The summed E-state index contributed by atoms with van der Waals surface area (Å²) in [5.41, 5.74) is -0.814. The van der Waals surface area contributed by atoms with Crippen LogP contribution in [0, 0.1) is 16.0 Å². The molecule has 3 atom stereocenters. The fraction of sp³-hybridized carbons (Fsp3) is 0.500. The zero-order valence-corrected chi connectivity index (χ0v) is 17.3. The van der Waals surface area contributed by atoms with E-state index in [9.17, 15) is 29.3 Å². The highest BCUT2D eigenvalue weighted by Gasteiger charge is 2.55. The summed E-state index contributed by atoms with van der Waals surface area (Å²) in [4.78, 5) is 60.7.